The van der Waals surface area contributed by atoms with E-state index in [9.17, 15) is 26.3 Å². The zero-order valence-corrected chi connectivity index (χ0v) is 15.7. The van der Waals surface area contributed by atoms with Gasteiger partial charge in [-0.1, -0.05) is 10.3 Å². The van der Waals surface area contributed by atoms with Crippen LogP contribution in [-0.4, -0.2) is 21.9 Å². The van der Waals surface area contributed by atoms with Crippen LogP contribution in [0.2, 0.25) is 0 Å². The van der Waals surface area contributed by atoms with E-state index in [1.54, 1.807) is 26.0 Å². The van der Waals surface area contributed by atoms with Gasteiger partial charge in [-0.2, -0.15) is 31.3 Å². The molecule has 30 heavy (non-hydrogen) atoms. The van der Waals surface area contributed by atoms with Crippen molar-refractivity contribution in [3.05, 3.63) is 46.7 Å². The van der Waals surface area contributed by atoms with Crippen LogP contribution >= 0.6 is 0 Å². The molecule has 0 amide bonds. The van der Waals surface area contributed by atoms with E-state index < -0.39 is 23.9 Å². The molecule has 0 saturated carbocycles. The maximum Gasteiger partial charge on any atom is 0.471 e. The van der Waals surface area contributed by atoms with Gasteiger partial charge < -0.3 is 13.8 Å². The van der Waals surface area contributed by atoms with E-state index in [2.05, 4.69) is 24.3 Å². The molecule has 0 unspecified atom stereocenters. The topological polar surface area (TPSA) is 74.2 Å². The second kappa shape index (κ2) is 8.00. The summed E-state index contributed by atoms with van der Waals surface area (Å²) in [4.78, 5) is 3.35. The number of hydrogen-bond acceptors (Lipinski definition) is 6. The minimum atomic E-state index is -4.73. The standard InChI is InChI=1S/C18H15F6N3O3/c1-9-6-11(15-25-16(30-27-15)18(22,23)24)7-10(2)14(9)28-5-3-4-12-8-13(26-29-12)17(19,20)21/h6-8H,3-5H2,1-2H3. The maximum absolute atomic E-state index is 12.6. The summed E-state index contributed by atoms with van der Waals surface area (Å²) >= 11 is 0. The van der Waals surface area contributed by atoms with Gasteiger partial charge >= 0.3 is 18.2 Å². The molecule has 6 nitrogen and oxygen atoms in total. The third kappa shape index (κ3) is 4.92. The Morgan fingerprint density at radius 3 is 2.10 bits per heavy atom. The quantitative estimate of drug-likeness (QED) is 0.382. The van der Waals surface area contributed by atoms with E-state index in [0.717, 1.165) is 6.07 Å². The number of alkyl halides is 6. The Kier molecular flexibility index (Phi) is 5.77. The normalized spacial score (nSPS) is 12.4. The summed E-state index contributed by atoms with van der Waals surface area (Å²) in [6.07, 6.45) is -8.73. The van der Waals surface area contributed by atoms with Crippen LogP contribution in [0, 0.1) is 13.8 Å². The molecular formula is C18H15F6N3O3. The number of aromatic nitrogens is 3. The van der Waals surface area contributed by atoms with Crippen LogP contribution in [0.15, 0.2) is 27.2 Å². The molecule has 1 aromatic carbocycles. The van der Waals surface area contributed by atoms with Gasteiger partial charge in [0.05, 0.1) is 6.61 Å². The molecule has 12 heteroatoms. The number of benzene rings is 1. The van der Waals surface area contributed by atoms with Crippen LogP contribution in [0.25, 0.3) is 11.4 Å². The zero-order chi connectivity index (χ0) is 22.1. The third-order valence-corrected chi connectivity index (χ3v) is 4.05. The van der Waals surface area contributed by atoms with Crippen molar-refractivity contribution in [1.29, 1.82) is 0 Å². The van der Waals surface area contributed by atoms with E-state index in [4.69, 9.17) is 4.74 Å². The fourth-order valence-corrected chi connectivity index (χ4v) is 2.75. The Balaban J connectivity index is 1.62. The SMILES string of the molecule is Cc1cc(-c2noc(C(F)(F)F)n2)cc(C)c1OCCCc1cc(C(F)(F)F)no1. The molecule has 2 aromatic heterocycles. The van der Waals surface area contributed by atoms with Gasteiger partial charge in [0, 0.05) is 18.1 Å². The van der Waals surface area contributed by atoms with Crippen LogP contribution in [0.3, 0.4) is 0 Å². The highest BCUT2D eigenvalue weighted by Crippen LogP contribution is 2.33. The molecule has 0 saturated heterocycles. The molecular weight excluding hydrogens is 420 g/mol. The third-order valence-electron chi connectivity index (χ3n) is 4.05. The molecule has 0 bridgehead atoms. The first-order valence-corrected chi connectivity index (χ1v) is 8.63. The summed E-state index contributed by atoms with van der Waals surface area (Å²) in [5.74, 6) is -1.04. The molecule has 0 spiro atoms. The molecule has 0 N–H and O–H groups in total. The van der Waals surface area contributed by atoms with Gasteiger partial charge in [0.1, 0.15) is 11.5 Å². The lowest BCUT2D eigenvalue weighted by Crippen LogP contribution is -2.05. The van der Waals surface area contributed by atoms with E-state index in [1.807, 2.05) is 0 Å². The number of aryl methyl sites for hydroxylation is 3. The Bertz CT molecular complexity index is 1000. The predicted molar refractivity (Wildman–Crippen MR) is 89.5 cm³/mol. The molecule has 0 atom stereocenters. The molecule has 0 fully saturated rings. The summed E-state index contributed by atoms with van der Waals surface area (Å²) in [5, 5.41) is 6.33. The minimum Gasteiger partial charge on any atom is -0.493 e. The smallest absolute Gasteiger partial charge is 0.471 e. The Hall–Kier alpha value is -3.05. The maximum atomic E-state index is 12.6. The van der Waals surface area contributed by atoms with Crippen molar-refractivity contribution in [1.82, 2.24) is 15.3 Å². The first-order valence-electron chi connectivity index (χ1n) is 8.63. The first-order chi connectivity index (χ1) is 13.9. The fourth-order valence-electron chi connectivity index (χ4n) is 2.75. The van der Waals surface area contributed by atoms with Crippen molar-refractivity contribution in [3.8, 4) is 17.1 Å². The van der Waals surface area contributed by atoms with Gasteiger partial charge in [-0.3, -0.25) is 0 Å². The first kappa shape index (κ1) is 21.7. The number of ether oxygens (including phenoxy) is 1. The van der Waals surface area contributed by atoms with Gasteiger partial charge in [0.25, 0.3) is 0 Å². The molecule has 3 aromatic rings. The summed E-state index contributed by atoms with van der Waals surface area (Å²) in [6, 6.07) is 3.95. The molecule has 0 aliphatic heterocycles. The van der Waals surface area contributed by atoms with Crippen LogP contribution < -0.4 is 4.74 Å². The zero-order valence-electron chi connectivity index (χ0n) is 15.7. The van der Waals surface area contributed by atoms with Gasteiger partial charge in [0.2, 0.25) is 5.82 Å². The molecule has 0 radical (unpaired) electrons. The highest BCUT2D eigenvalue weighted by Gasteiger charge is 2.38. The fraction of sp³-hybridized carbons (Fsp3) is 0.389. The van der Waals surface area contributed by atoms with Crippen molar-refractivity contribution in [2.45, 2.75) is 39.0 Å². The average Bonchev–Trinajstić information content (AvgIpc) is 3.29. The predicted octanol–water partition coefficient (Wildman–Crippen LogP) is 5.39. The average molecular weight is 435 g/mol. The van der Waals surface area contributed by atoms with Crippen LogP contribution in [0.1, 0.15) is 34.9 Å². The Morgan fingerprint density at radius 1 is 0.900 bits per heavy atom. The lowest BCUT2D eigenvalue weighted by atomic mass is 10.1. The molecule has 0 aliphatic carbocycles. The molecule has 3 rings (SSSR count). The highest BCUT2D eigenvalue weighted by atomic mass is 19.4. The van der Waals surface area contributed by atoms with Crippen molar-refractivity contribution in [2.75, 3.05) is 6.61 Å². The second-order valence-corrected chi connectivity index (χ2v) is 6.49. The lowest BCUT2D eigenvalue weighted by molar-refractivity contribution is -0.159. The molecule has 0 aliphatic rings. The monoisotopic (exact) mass is 435 g/mol. The Labute approximate surface area is 165 Å². The molecule has 2 heterocycles. The van der Waals surface area contributed by atoms with E-state index >= 15 is 0 Å². The second-order valence-electron chi connectivity index (χ2n) is 6.49. The van der Waals surface area contributed by atoms with Crippen molar-refractivity contribution in [3.63, 3.8) is 0 Å². The minimum absolute atomic E-state index is 0.0901. The van der Waals surface area contributed by atoms with Gasteiger partial charge in [-0.15, -0.1) is 0 Å². The number of nitrogens with zero attached hydrogens (tertiary/aromatic N) is 3. The largest absolute Gasteiger partial charge is 0.493 e. The van der Waals surface area contributed by atoms with Crippen molar-refractivity contribution < 1.29 is 40.1 Å². The summed E-state index contributed by atoms with van der Waals surface area (Å²) < 4.78 is 89.9. The van der Waals surface area contributed by atoms with Crippen LogP contribution in [-0.2, 0) is 18.8 Å². The van der Waals surface area contributed by atoms with E-state index in [-0.39, 0.29) is 24.6 Å². The van der Waals surface area contributed by atoms with Gasteiger partial charge in [-0.25, -0.2) is 0 Å². The summed E-state index contributed by atoms with van der Waals surface area (Å²) in [5.41, 5.74) is 0.499. The van der Waals surface area contributed by atoms with Crippen LogP contribution in [0.5, 0.6) is 5.75 Å². The Morgan fingerprint density at radius 2 is 1.57 bits per heavy atom. The van der Waals surface area contributed by atoms with Crippen molar-refractivity contribution >= 4 is 0 Å². The molecule has 162 valence electrons. The van der Waals surface area contributed by atoms with Crippen LogP contribution in [0.4, 0.5) is 26.3 Å². The van der Waals surface area contributed by atoms with E-state index in [1.165, 1.54) is 0 Å². The number of halogens is 6. The van der Waals surface area contributed by atoms with Gasteiger partial charge in [0.15, 0.2) is 5.69 Å². The number of rotatable bonds is 6. The highest BCUT2D eigenvalue weighted by molar-refractivity contribution is 5.61. The summed E-state index contributed by atoms with van der Waals surface area (Å²) in [7, 11) is 0. The lowest BCUT2D eigenvalue weighted by Gasteiger charge is -2.13. The van der Waals surface area contributed by atoms with Gasteiger partial charge in [-0.05, 0) is 43.5 Å². The van der Waals surface area contributed by atoms with E-state index in [0.29, 0.717) is 28.9 Å². The number of hydrogen-bond donors (Lipinski definition) is 0. The summed E-state index contributed by atoms with van der Waals surface area (Å²) in [6.45, 7) is 3.58. The van der Waals surface area contributed by atoms with Crippen molar-refractivity contribution in [2.24, 2.45) is 0 Å².